The Morgan fingerprint density at radius 2 is 1.87 bits per heavy atom. The molecule has 2 saturated heterocycles. The number of benzene rings is 2. The zero-order valence-electron chi connectivity index (χ0n) is 17.5. The first-order valence-corrected chi connectivity index (χ1v) is 10.7. The van der Waals surface area contributed by atoms with Gasteiger partial charge in [-0.05, 0) is 62.2 Å². The van der Waals surface area contributed by atoms with Crippen molar-refractivity contribution < 1.29 is 14.3 Å². The zero-order valence-corrected chi connectivity index (χ0v) is 17.5. The second-order valence-corrected chi connectivity index (χ2v) is 8.10. The number of likely N-dealkylation sites (tertiary alicyclic amines) is 2. The molecule has 2 amide bonds. The quantitative estimate of drug-likeness (QED) is 0.797. The fraction of sp³-hybridized carbons (Fsp3) is 0.417. The number of methoxy groups -OCH3 is 1. The van der Waals surface area contributed by atoms with Crippen LogP contribution in [0.1, 0.15) is 35.2 Å². The van der Waals surface area contributed by atoms with Crippen LogP contribution in [0.4, 0.5) is 5.69 Å². The summed E-state index contributed by atoms with van der Waals surface area (Å²) in [5, 5.41) is 3.12. The predicted octanol–water partition coefficient (Wildman–Crippen LogP) is 3.39. The van der Waals surface area contributed by atoms with Crippen molar-refractivity contribution in [1.29, 1.82) is 0 Å². The number of rotatable bonds is 6. The Morgan fingerprint density at radius 3 is 2.67 bits per heavy atom. The fourth-order valence-corrected chi connectivity index (χ4v) is 4.29. The van der Waals surface area contributed by atoms with Gasteiger partial charge in [-0.3, -0.25) is 14.5 Å². The lowest BCUT2D eigenvalue weighted by Gasteiger charge is -2.19. The molecule has 1 atom stereocenters. The molecule has 0 unspecified atom stereocenters. The van der Waals surface area contributed by atoms with Crippen molar-refractivity contribution >= 4 is 17.5 Å². The molecule has 4 rings (SSSR count). The summed E-state index contributed by atoms with van der Waals surface area (Å²) in [6.45, 7) is 4.12. The highest BCUT2D eigenvalue weighted by molar-refractivity contribution is 5.97. The number of ether oxygens (including phenoxy) is 1. The van der Waals surface area contributed by atoms with Gasteiger partial charge in [-0.2, -0.15) is 0 Å². The van der Waals surface area contributed by atoms with Crippen LogP contribution in [0.25, 0.3) is 0 Å². The van der Waals surface area contributed by atoms with Crippen LogP contribution >= 0.6 is 0 Å². The van der Waals surface area contributed by atoms with Crippen LogP contribution in [0.2, 0.25) is 0 Å². The van der Waals surface area contributed by atoms with E-state index in [1.54, 1.807) is 24.1 Å². The number of anilines is 1. The second kappa shape index (κ2) is 9.30. The van der Waals surface area contributed by atoms with E-state index >= 15 is 0 Å². The van der Waals surface area contributed by atoms with Gasteiger partial charge in [0.05, 0.1) is 13.0 Å². The van der Waals surface area contributed by atoms with E-state index in [-0.39, 0.29) is 17.7 Å². The van der Waals surface area contributed by atoms with Gasteiger partial charge in [-0.25, -0.2) is 0 Å². The van der Waals surface area contributed by atoms with E-state index in [1.807, 2.05) is 30.3 Å². The number of nitrogens with one attached hydrogen (secondary N) is 1. The first kappa shape index (κ1) is 20.4. The van der Waals surface area contributed by atoms with Gasteiger partial charge in [-0.15, -0.1) is 0 Å². The Labute approximate surface area is 177 Å². The van der Waals surface area contributed by atoms with E-state index in [0.717, 1.165) is 30.9 Å². The zero-order chi connectivity index (χ0) is 20.9. The summed E-state index contributed by atoms with van der Waals surface area (Å²) in [5.41, 5.74) is 2.62. The Balaban J connectivity index is 1.38. The van der Waals surface area contributed by atoms with Crippen molar-refractivity contribution in [3.05, 3.63) is 59.7 Å². The third kappa shape index (κ3) is 4.65. The van der Waals surface area contributed by atoms with Crippen LogP contribution in [0.15, 0.2) is 48.5 Å². The third-order valence-corrected chi connectivity index (χ3v) is 6.03. The van der Waals surface area contributed by atoms with E-state index in [2.05, 4.69) is 16.3 Å². The number of hydrogen-bond donors (Lipinski definition) is 1. The Morgan fingerprint density at radius 1 is 1.07 bits per heavy atom. The van der Waals surface area contributed by atoms with Crippen LogP contribution in [0.3, 0.4) is 0 Å². The van der Waals surface area contributed by atoms with Gasteiger partial charge >= 0.3 is 0 Å². The number of amides is 2. The molecule has 1 N–H and O–H groups in total. The lowest BCUT2D eigenvalue weighted by Crippen LogP contribution is -2.31. The molecule has 0 aromatic heterocycles. The maximum atomic E-state index is 12.9. The van der Waals surface area contributed by atoms with Gasteiger partial charge in [0, 0.05) is 30.9 Å². The van der Waals surface area contributed by atoms with Crippen LogP contribution < -0.4 is 10.1 Å². The second-order valence-electron chi connectivity index (χ2n) is 8.10. The van der Waals surface area contributed by atoms with E-state index < -0.39 is 0 Å². The smallest absolute Gasteiger partial charge is 0.254 e. The Kier molecular flexibility index (Phi) is 6.33. The van der Waals surface area contributed by atoms with E-state index in [4.69, 9.17) is 4.74 Å². The average molecular weight is 408 g/mol. The molecule has 30 heavy (non-hydrogen) atoms. The number of nitrogens with zero attached hydrogens (tertiary/aromatic N) is 2. The number of para-hydroxylation sites is 1. The van der Waals surface area contributed by atoms with Gasteiger partial charge in [0.1, 0.15) is 5.75 Å². The van der Waals surface area contributed by atoms with Crippen LogP contribution in [-0.2, 0) is 11.3 Å². The molecule has 2 heterocycles. The third-order valence-electron chi connectivity index (χ3n) is 6.03. The van der Waals surface area contributed by atoms with Crippen molar-refractivity contribution in [3.63, 3.8) is 0 Å². The lowest BCUT2D eigenvalue weighted by molar-refractivity contribution is -0.119. The van der Waals surface area contributed by atoms with Crippen LogP contribution in [0.5, 0.6) is 5.75 Å². The molecule has 2 fully saturated rings. The van der Waals surface area contributed by atoms with Crippen molar-refractivity contribution in [1.82, 2.24) is 9.80 Å². The van der Waals surface area contributed by atoms with Crippen molar-refractivity contribution in [2.24, 2.45) is 5.92 Å². The molecule has 2 aromatic carbocycles. The van der Waals surface area contributed by atoms with Gasteiger partial charge in [-0.1, -0.05) is 24.3 Å². The van der Waals surface area contributed by atoms with E-state index in [1.165, 1.54) is 12.8 Å². The predicted molar refractivity (Wildman–Crippen MR) is 117 cm³/mol. The monoisotopic (exact) mass is 407 g/mol. The summed E-state index contributed by atoms with van der Waals surface area (Å²) < 4.78 is 5.21. The van der Waals surface area contributed by atoms with Gasteiger partial charge in [0.25, 0.3) is 5.91 Å². The first-order valence-electron chi connectivity index (χ1n) is 10.7. The summed E-state index contributed by atoms with van der Waals surface area (Å²) in [7, 11) is 1.58. The highest BCUT2D eigenvalue weighted by Crippen LogP contribution is 2.24. The standard InChI is InChI=1S/C24H29N3O3/c1-30-21-9-6-8-18(15-21)24(29)27-14-11-20(17-27)23(28)25-22-10-3-2-7-19(22)16-26-12-4-5-13-26/h2-3,6-10,15,20H,4-5,11-14,16-17H2,1H3,(H,25,28)/t20-/m1/s1. The minimum absolute atomic E-state index is 0.00943. The van der Waals surface area contributed by atoms with Crippen molar-refractivity contribution in [2.45, 2.75) is 25.8 Å². The topological polar surface area (TPSA) is 61.9 Å². The van der Waals surface area contributed by atoms with Crippen LogP contribution in [-0.4, -0.2) is 54.9 Å². The Hall–Kier alpha value is -2.86. The molecule has 0 spiro atoms. The molecule has 6 heteroatoms. The maximum Gasteiger partial charge on any atom is 0.254 e. The van der Waals surface area contributed by atoms with E-state index in [0.29, 0.717) is 30.8 Å². The van der Waals surface area contributed by atoms with Gasteiger partial charge in [0.15, 0.2) is 0 Å². The molecular formula is C24H29N3O3. The van der Waals surface area contributed by atoms with Gasteiger partial charge < -0.3 is 15.0 Å². The summed E-state index contributed by atoms with van der Waals surface area (Å²) in [5.74, 6) is 0.395. The molecule has 0 radical (unpaired) electrons. The molecule has 2 aliphatic heterocycles. The minimum atomic E-state index is -0.195. The van der Waals surface area contributed by atoms with E-state index in [9.17, 15) is 9.59 Å². The summed E-state index contributed by atoms with van der Waals surface area (Å²) in [6, 6.07) is 15.2. The molecule has 158 valence electrons. The molecular weight excluding hydrogens is 378 g/mol. The number of hydrogen-bond acceptors (Lipinski definition) is 4. The van der Waals surface area contributed by atoms with Gasteiger partial charge in [0.2, 0.25) is 5.91 Å². The summed E-state index contributed by atoms with van der Waals surface area (Å²) in [4.78, 5) is 29.9. The molecule has 0 aliphatic carbocycles. The minimum Gasteiger partial charge on any atom is -0.497 e. The first-order chi connectivity index (χ1) is 14.6. The highest BCUT2D eigenvalue weighted by Gasteiger charge is 2.32. The molecule has 0 bridgehead atoms. The van der Waals surface area contributed by atoms with Crippen LogP contribution in [0, 0.1) is 5.92 Å². The summed E-state index contributed by atoms with van der Waals surface area (Å²) in [6.07, 6.45) is 3.16. The summed E-state index contributed by atoms with van der Waals surface area (Å²) >= 11 is 0. The lowest BCUT2D eigenvalue weighted by atomic mass is 10.1. The SMILES string of the molecule is COc1cccc(C(=O)N2CC[C@@H](C(=O)Nc3ccccc3CN3CCCC3)C2)c1. The molecule has 6 nitrogen and oxygen atoms in total. The average Bonchev–Trinajstić information content (AvgIpc) is 3.47. The number of carbonyl (C=O) groups excluding carboxylic acids is 2. The molecule has 0 saturated carbocycles. The van der Waals surface area contributed by atoms with Crippen molar-refractivity contribution in [3.8, 4) is 5.75 Å². The molecule has 2 aliphatic rings. The number of carbonyl (C=O) groups is 2. The highest BCUT2D eigenvalue weighted by atomic mass is 16.5. The molecule has 2 aromatic rings. The largest absolute Gasteiger partial charge is 0.497 e. The maximum absolute atomic E-state index is 12.9. The Bertz CT molecular complexity index is 908. The fourth-order valence-electron chi connectivity index (χ4n) is 4.29. The van der Waals surface area contributed by atoms with Crippen molar-refractivity contribution in [2.75, 3.05) is 38.6 Å². The normalized spacial score (nSPS) is 19.1.